The first-order chi connectivity index (χ1) is 21.3. The lowest BCUT2D eigenvalue weighted by Crippen LogP contribution is -2.39. The van der Waals surface area contributed by atoms with Gasteiger partial charge in [0.25, 0.3) is 5.56 Å². The number of benzene rings is 3. The normalized spacial score (nSPS) is 14.5. The highest BCUT2D eigenvalue weighted by molar-refractivity contribution is 7.07. The molecule has 5 rings (SSSR count). The van der Waals surface area contributed by atoms with Crippen LogP contribution in [0.5, 0.6) is 17.2 Å². The van der Waals surface area contributed by atoms with E-state index >= 15 is 0 Å². The third kappa shape index (κ3) is 6.64. The van der Waals surface area contributed by atoms with Crippen LogP contribution in [0.25, 0.3) is 6.08 Å². The second kappa shape index (κ2) is 13.8. The molecule has 0 spiro atoms. The van der Waals surface area contributed by atoms with Gasteiger partial charge in [-0.05, 0) is 73.0 Å². The Balaban J connectivity index is 1.52. The Morgan fingerprint density at radius 2 is 1.82 bits per heavy atom. The van der Waals surface area contributed by atoms with Gasteiger partial charge in [0.1, 0.15) is 19.0 Å². The van der Waals surface area contributed by atoms with E-state index in [0.717, 1.165) is 16.7 Å². The molecule has 1 aliphatic heterocycles. The lowest BCUT2D eigenvalue weighted by atomic mass is 9.96. The quantitative estimate of drug-likeness (QED) is 0.158. The van der Waals surface area contributed by atoms with Gasteiger partial charge in [-0.15, -0.1) is 0 Å². The molecule has 0 saturated carbocycles. The van der Waals surface area contributed by atoms with Crippen molar-refractivity contribution in [2.24, 2.45) is 4.99 Å². The van der Waals surface area contributed by atoms with Crippen LogP contribution in [0.4, 0.5) is 0 Å². The van der Waals surface area contributed by atoms with Gasteiger partial charge in [0, 0.05) is 5.02 Å². The summed E-state index contributed by atoms with van der Waals surface area (Å²) in [6, 6.07) is 19.4. The number of halogens is 1. The predicted octanol–water partition coefficient (Wildman–Crippen LogP) is 5.60. The summed E-state index contributed by atoms with van der Waals surface area (Å²) in [6.45, 7) is 8.08. The zero-order chi connectivity index (χ0) is 31.2. The summed E-state index contributed by atoms with van der Waals surface area (Å²) in [5.41, 5.74) is 2.97. The van der Waals surface area contributed by atoms with Gasteiger partial charge in [-0.1, -0.05) is 65.9 Å². The number of aromatic nitrogens is 1. The molecule has 0 amide bonds. The molecule has 1 aromatic heterocycles. The fourth-order valence-corrected chi connectivity index (χ4v) is 5.97. The van der Waals surface area contributed by atoms with E-state index in [1.165, 1.54) is 11.3 Å². The van der Waals surface area contributed by atoms with Crippen molar-refractivity contribution in [1.29, 1.82) is 0 Å². The Kier molecular flexibility index (Phi) is 9.67. The first-order valence-electron chi connectivity index (χ1n) is 13.9. The number of ether oxygens (including phenoxy) is 4. The number of nitrogens with zero attached hydrogens (tertiary/aromatic N) is 2. The fourth-order valence-electron chi connectivity index (χ4n) is 4.79. The van der Waals surface area contributed by atoms with E-state index in [1.807, 2.05) is 48.5 Å². The smallest absolute Gasteiger partial charge is 0.338 e. The molecule has 226 valence electrons. The van der Waals surface area contributed by atoms with Gasteiger partial charge in [0.2, 0.25) is 0 Å². The van der Waals surface area contributed by atoms with Gasteiger partial charge >= 0.3 is 5.97 Å². The minimum atomic E-state index is -0.723. The Hall–Kier alpha value is -4.60. The summed E-state index contributed by atoms with van der Waals surface area (Å²) in [6.07, 6.45) is 3.44. The van der Waals surface area contributed by atoms with Crippen LogP contribution < -0.4 is 29.1 Å². The van der Waals surface area contributed by atoms with E-state index in [9.17, 15) is 9.59 Å². The van der Waals surface area contributed by atoms with E-state index in [4.69, 9.17) is 30.5 Å². The first-order valence-corrected chi connectivity index (χ1v) is 15.1. The average Bonchev–Trinajstić information content (AvgIpc) is 3.33. The first kappa shape index (κ1) is 30.8. The zero-order valence-corrected chi connectivity index (χ0v) is 26.1. The number of rotatable bonds is 11. The molecular formula is C34H31ClN2O6S. The number of allylic oxidation sites excluding steroid dienone is 1. The number of esters is 1. The summed E-state index contributed by atoms with van der Waals surface area (Å²) in [4.78, 5) is 32.2. The highest BCUT2D eigenvalue weighted by Gasteiger charge is 2.33. The van der Waals surface area contributed by atoms with Crippen molar-refractivity contribution in [3.8, 4) is 17.2 Å². The molecule has 1 atom stereocenters. The zero-order valence-electron chi connectivity index (χ0n) is 24.5. The number of carbonyl (C=O) groups is 1. The van der Waals surface area contributed by atoms with Crippen molar-refractivity contribution >= 4 is 35.0 Å². The van der Waals surface area contributed by atoms with Crippen molar-refractivity contribution < 1.29 is 23.7 Å². The molecule has 2 heterocycles. The average molecular weight is 631 g/mol. The second-order valence-electron chi connectivity index (χ2n) is 9.80. The SMILES string of the molecule is C=CCOc1ccc([C@H]2C(C(=O)OCC)=C(C)N=c3s/c(=C\c4ccc(OCc5ccc(Cl)cc5)c(OC)c4)c(=O)n32)cc1. The predicted molar refractivity (Wildman–Crippen MR) is 171 cm³/mol. The number of carbonyl (C=O) groups excluding carboxylic acids is 1. The van der Waals surface area contributed by atoms with E-state index in [2.05, 4.69) is 11.6 Å². The summed E-state index contributed by atoms with van der Waals surface area (Å²) in [5.74, 6) is 1.22. The van der Waals surface area contributed by atoms with Crippen LogP contribution in [-0.2, 0) is 16.1 Å². The molecule has 8 nitrogen and oxygen atoms in total. The summed E-state index contributed by atoms with van der Waals surface area (Å²) < 4.78 is 24.6. The molecule has 0 aliphatic carbocycles. The molecular weight excluding hydrogens is 600 g/mol. The Labute approximate surface area is 263 Å². The van der Waals surface area contributed by atoms with Crippen molar-refractivity contribution in [3.63, 3.8) is 0 Å². The lowest BCUT2D eigenvalue weighted by molar-refractivity contribution is -0.139. The molecule has 3 aromatic carbocycles. The van der Waals surface area contributed by atoms with Crippen LogP contribution in [0.3, 0.4) is 0 Å². The topological polar surface area (TPSA) is 88.4 Å². The Bertz CT molecular complexity index is 1890. The van der Waals surface area contributed by atoms with Gasteiger partial charge in [0.05, 0.1) is 35.6 Å². The van der Waals surface area contributed by atoms with Gasteiger partial charge < -0.3 is 18.9 Å². The molecule has 1 aliphatic rings. The second-order valence-corrected chi connectivity index (χ2v) is 11.2. The minimum Gasteiger partial charge on any atom is -0.493 e. The van der Waals surface area contributed by atoms with E-state index in [1.54, 1.807) is 55.9 Å². The maximum atomic E-state index is 14.0. The van der Waals surface area contributed by atoms with Crippen LogP contribution in [0, 0.1) is 0 Å². The van der Waals surface area contributed by atoms with Crippen LogP contribution in [0.15, 0.2) is 100 Å². The Morgan fingerprint density at radius 1 is 1.07 bits per heavy atom. The fraction of sp³-hybridized carbons (Fsp3) is 0.206. The maximum absolute atomic E-state index is 14.0. The number of fused-ring (bicyclic) bond motifs is 1. The van der Waals surface area contributed by atoms with Crippen molar-refractivity contribution in [1.82, 2.24) is 4.57 Å². The van der Waals surface area contributed by atoms with Crippen LogP contribution in [0.2, 0.25) is 5.02 Å². The molecule has 0 N–H and O–H groups in total. The number of hydrogen-bond donors (Lipinski definition) is 0. The highest BCUT2D eigenvalue weighted by atomic mass is 35.5. The van der Waals surface area contributed by atoms with E-state index in [0.29, 0.717) is 56.1 Å². The largest absolute Gasteiger partial charge is 0.493 e. The molecule has 0 unspecified atom stereocenters. The van der Waals surface area contributed by atoms with Crippen LogP contribution in [0.1, 0.15) is 36.6 Å². The lowest BCUT2D eigenvalue weighted by Gasteiger charge is -2.24. The van der Waals surface area contributed by atoms with Crippen molar-refractivity contribution in [3.05, 3.63) is 132 Å². The van der Waals surface area contributed by atoms with Crippen molar-refractivity contribution in [2.75, 3.05) is 20.3 Å². The number of thiazole rings is 1. The molecule has 10 heteroatoms. The molecule has 0 saturated heterocycles. The Morgan fingerprint density at radius 3 is 2.50 bits per heavy atom. The third-order valence-corrected chi connectivity index (χ3v) is 8.11. The third-order valence-electron chi connectivity index (χ3n) is 6.87. The molecule has 44 heavy (non-hydrogen) atoms. The summed E-state index contributed by atoms with van der Waals surface area (Å²) in [5, 5.41) is 0.659. The highest BCUT2D eigenvalue weighted by Crippen LogP contribution is 2.32. The van der Waals surface area contributed by atoms with E-state index in [-0.39, 0.29) is 12.2 Å². The van der Waals surface area contributed by atoms with Crippen LogP contribution in [-0.4, -0.2) is 30.9 Å². The van der Waals surface area contributed by atoms with Crippen LogP contribution >= 0.6 is 22.9 Å². The maximum Gasteiger partial charge on any atom is 0.338 e. The number of methoxy groups -OCH3 is 1. The van der Waals surface area contributed by atoms with E-state index < -0.39 is 12.0 Å². The van der Waals surface area contributed by atoms with Gasteiger partial charge in [0.15, 0.2) is 16.3 Å². The van der Waals surface area contributed by atoms with Crippen molar-refractivity contribution in [2.45, 2.75) is 26.5 Å². The number of hydrogen-bond acceptors (Lipinski definition) is 8. The van der Waals surface area contributed by atoms with Gasteiger partial charge in [-0.25, -0.2) is 9.79 Å². The standard InChI is InChI=1S/C34H31ClN2O6S/c1-5-17-42-26-14-10-24(11-15-26)31-30(33(39)41-6-2)21(3)36-34-37(31)32(38)29(44-34)19-23-9-16-27(28(18-23)40-4)43-20-22-7-12-25(35)13-8-22/h5,7-16,18-19,31H,1,6,17,20H2,2-4H3/b29-19-/t31-/m0/s1. The van der Waals surface area contributed by atoms with Gasteiger partial charge in [-0.2, -0.15) is 0 Å². The molecule has 0 radical (unpaired) electrons. The minimum absolute atomic E-state index is 0.197. The monoisotopic (exact) mass is 630 g/mol. The van der Waals surface area contributed by atoms with Gasteiger partial charge in [-0.3, -0.25) is 9.36 Å². The summed E-state index contributed by atoms with van der Waals surface area (Å²) in [7, 11) is 1.57. The summed E-state index contributed by atoms with van der Waals surface area (Å²) >= 11 is 7.23. The molecule has 4 aromatic rings. The molecule has 0 fully saturated rings. The molecule has 0 bridgehead atoms.